The molecule has 1 N–H and O–H groups in total. The van der Waals surface area contributed by atoms with Crippen LogP contribution in [-0.2, 0) is 24.2 Å². The fourth-order valence-corrected chi connectivity index (χ4v) is 4.85. The van der Waals surface area contributed by atoms with E-state index < -0.39 is 12.1 Å². The lowest BCUT2D eigenvalue weighted by molar-refractivity contribution is -0.145. The van der Waals surface area contributed by atoms with Gasteiger partial charge in [-0.15, -0.1) is 0 Å². The summed E-state index contributed by atoms with van der Waals surface area (Å²) in [5, 5.41) is 9.86. The third kappa shape index (κ3) is 6.63. The van der Waals surface area contributed by atoms with E-state index in [-0.39, 0.29) is 5.56 Å². The van der Waals surface area contributed by atoms with Gasteiger partial charge in [0.2, 0.25) is 6.10 Å². The summed E-state index contributed by atoms with van der Waals surface area (Å²) < 4.78 is 7.86. The van der Waals surface area contributed by atoms with Crippen LogP contribution in [0, 0.1) is 6.92 Å². The van der Waals surface area contributed by atoms with Crippen LogP contribution in [0.15, 0.2) is 83.7 Å². The third-order valence-corrected chi connectivity index (χ3v) is 6.80. The number of hydrogen-bond acceptors (Lipinski definition) is 4. The highest BCUT2D eigenvalue weighted by atomic mass is 16.5. The van der Waals surface area contributed by atoms with E-state index in [1.54, 1.807) is 28.8 Å². The van der Waals surface area contributed by atoms with Crippen LogP contribution in [0.25, 0.3) is 11.1 Å². The van der Waals surface area contributed by atoms with Crippen molar-refractivity contribution in [2.24, 2.45) is 0 Å². The molecule has 0 aliphatic carbocycles. The molecule has 1 aromatic heterocycles. The molecule has 0 saturated heterocycles. The predicted octanol–water partition coefficient (Wildman–Crippen LogP) is 6.77. The Morgan fingerprint density at radius 1 is 0.949 bits per heavy atom. The summed E-state index contributed by atoms with van der Waals surface area (Å²) in [5.74, 6) is 0.285. The van der Waals surface area contributed by atoms with Crippen molar-refractivity contribution in [2.75, 3.05) is 0 Å². The molecular weight excluding hydrogens is 488 g/mol. The fraction of sp³-hybridized carbons (Fsp3) is 0.303. The van der Waals surface area contributed by atoms with Gasteiger partial charge in [-0.2, -0.15) is 0 Å². The Labute approximate surface area is 229 Å². The van der Waals surface area contributed by atoms with Gasteiger partial charge in [-0.3, -0.25) is 9.36 Å². The van der Waals surface area contributed by atoms with Crippen molar-refractivity contribution in [3.8, 4) is 16.9 Å². The maximum absolute atomic E-state index is 13.9. The highest BCUT2D eigenvalue weighted by Gasteiger charge is 2.23. The first-order valence-corrected chi connectivity index (χ1v) is 13.6. The van der Waals surface area contributed by atoms with Gasteiger partial charge in [0, 0.05) is 12.0 Å². The molecule has 4 rings (SSSR count). The molecule has 0 amide bonds. The van der Waals surface area contributed by atoms with E-state index in [4.69, 9.17) is 9.72 Å². The van der Waals surface area contributed by atoms with Crippen molar-refractivity contribution < 1.29 is 14.6 Å². The topological polar surface area (TPSA) is 81.4 Å². The number of aliphatic carboxylic acids is 1. The highest BCUT2D eigenvalue weighted by molar-refractivity contribution is 5.75. The number of aromatic nitrogens is 2. The molecule has 39 heavy (non-hydrogen) atoms. The van der Waals surface area contributed by atoms with Gasteiger partial charge in [-0.05, 0) is 42.5 Å². The maximum Gasteiger partial charge on any atom is 0.349 e. The van der Waals surface area contributed by atoms with Gasteiger partial charge in [0.1, 0.15) is 11.6 Å². The summed E-state index contributed by atoms with van der Waals surface area (Å²) in [5.41, 5.74) is 4.63. The molecule has 0 saturated carbocycles. The molecule has 0 aliphatic rings. The fourth-order valence-electron chi connectivity index (χ4n) is 4.85. The lowest BCUT2D eigenvalue weighted by atomic mass is 10.0. The van der Waals surface area contributed by atoms with Gasteiger partial charge in [0.05, 0.1) is 17.8 Å². The molecule has 0 fully saturated rings. The zero-order valence-corrected chi connectivity index (χ0v) is 22.9. The lowest BCUT2D eigenvalue weighted by Gasteiger charge is -2.20. The van der Waals surface area contributed by atoms with Crippen LogP contribution >= 0.6 is 0 Å². The Hall–Kier alpha value is -4.19. The summed E-state index contributed by atoms with van der Waals surface area (Å²) in [6.07, 6.45) is 3.17. The molecule has 0 aliphatic heterocycles. The first kappa shape index (κ1) is 27.8. The van der Waals surface area contributed by atoms with Crippen LogP contribution in [-0.4, -0.2) is 20.6 Å². The second-order valence-corrected chi connectivity index (χ2v) is 9.79. The SMILES string of the molecule is CCCCc1nc(C)c(-c2ccccc2)c(=O)n1Cc1ccc(OC(C(=O)O)c2ccccc2)c(CCC)c1. The van der Waals surface area contributed by atoms with Crippen LogP contribution < -0.4 is 10.3 Å². The van der Waals surface area contributed by atoms with E-state index in [0.717, 1.165) is 60.3 Å². The maximum atomic E-state index is 13.9. The lowest BCUT2D eigenvalue weighted by Crippen LogP contribution is -2.28. The number of benzene rings is 3. The molecule has 0 radical (unpaired) electrons. The van der Waals surface area contributed by atoms with Crippen LogP contribution in [0.4, 0.5) is 0 Å². The van der Waals surface area contributed by atoms with Crippen LogP contribution in [0.3, 0.4) is 0 Å². The van der Waals surface area contributed by atoms with Gasteiger partial charge in [0.15, 0.2) is 0 Å². The number of unbranched alkanes of at least 4 members (excludes halogenated alkanes) is 1. The molecule has 3 aromatic carbocycles. The summed E-state index contributed by atoms with van der Waals surface area (Å²) in [6, 6.07) is 24.4. The average Bonchev–Trinajstić information content (AvgIpc) is 2.94. The van der Waals surface area contributed by atoms with Crippen molar-refractivity contribution in [3.63, 3.8) is 0 Å². The molecule has 0 bridgehead atoms. The highest BCUT2D eigenvalue weighted by Crippen LogP contribution is 2.29. The van der Waals surface area contributed by atoms with Crippen LogP contribution in [0.2, 0.25) is 0 Å². The summed E-state index contributed by atoms with van der Waals surface area (Å²) in [7, 11) is 0. The minimum atomic E-state index is -1.11. The first-order valence-electron chi connectivity index (χ1n) is 13.6. The summed E-state index contributed by atoms with van der Waals surface area (Å²) >= 11 is 0. The van der Waals surface area contributed by atoms with Gasteiger partial charge in [-0.25, -0.2) is 9.78 Å². The summed E-state index contributed by atoms with van der Waals surface area (Å²) in [4.78, 5) is 30.8. The third-order valence-electron chi connectivity index (χ3n) is 6.80. The van der Waals surface area contributed by atoms with E-state index >= 15 is 0 Å². The number of carboxylic acids is 1. The van der Waals surface area contributed by atoms with E-state index in [1.165, 1.54) is 0 Å². The number of hydrogen-bond donors (Lipinski definition) is 1. The second-order valence-electron chi connectivity index (χ2n) is 9.79. The number of carboxylic acid groups (broad SMARTS) is 1. The van der Waals surface area contributed by atoms with E-state index in [2.05, 4.69) is 13.8 Å². The van der Waals surface area contributed by atoms with Crippen LogP contribution in [0.1, 0.15) is 67.4 Å². The predicted molar refractivity (Wildman–Crippen MR) is 154 cm³/mol. The molecular formula is C33H36N2O4. The largest absolute Gasteiger partial charge is 0.478 e. The number of ether oxygens (including phenoxy) is 1. The summed E-state index contributed by atoms with van der Waals surface area (Å²) in [6.45, 7) is 6.48. The van der Waals surface area contributed by atoms with E-state index in [1.807, 2.05) is 61.5 Å². The van der Waals surface area contributed by atoms with Crippen molar-refractivity contribution >= 4 is 5.97 Å². The van der Waals surface area contributed by atoms with Crippen molar-refractivity contribution in [1.82, 2.24) is 9.55 Å². The number of rotatable bonds is 12. The normalized spacial score (nSPS) is 11.8. The first-order chi connectivity index (χ1) is 18.9. The molecule has 1 unspecified atom stereocenters. The van der Waals surface area contributed by atoms with Crippen molar-refractivity contribution in [2.45, 2.75) is 65.5 Å². The smallest absolute Gasteiger partial charge is 0.349 e. The standard InChI is InChI=1S/C33H36N2O4/c1-4-6-18-29-34-23(3)30(25-14-9-7-10-15-25)32(36)35(29)22-24-19-20-28(27(21-24)13-5-2)39-31(33(37)38)26-16-11-8-12-17-26/h7-12,14-17,19-21,31H,4-6,13,18,22H2,1-3H3,(H,37,38). The van der Waals surface area contributed by atoms with Gasteiger partial charge < -0.3 is 9.84 Å². The minimum absolute atomic E-state index is 0.0489. The Bertz CT molecular complexity index is 1460. The Morgan fingerprint density at radius 2 is 1.64 bits per heavy atom. The average molecular weight is 525 g/mol. The molecule has 1 atom stereocenters. The Kier molecular flexibility index (Phi) is 9.31. The number of nitrogens with zero attached hydrogens (tertiary/aromatic N) is 2. The quantitative estimate of drug-likeness (QED) is 0.221. The molecule has 6 heteroatoms. The minimum Gasteiger partial charge on any atom is -0.478 e. The zero-order chi connectivity index (χ0) is 27.8. The second kappa shape index (κ2) is 13.1. The van der Waals surface area contributed by atoms with Gasteiger partial charge >= 0.3 is 5.97 Å². The van der Waals surface area contributed by atoms with Crippen molar-refractivity contribution in [1.29, 1.82) is 0 Å². The zero-order valence-electron chi connectivity index (χ0n) is 22.9. The molecule has 0 spiro atoms. The van der Waals surface area contributed by atoms with Crippen LogP contribution in [0.5, 0.6) is 5.75 Å². The molecule has 4 aromatic rings. The number of aryl methyl sites for hydroxylation is 3. The monoisotopic (exact) mass is 524 g/mol. The van der Waals surface area contributed by atoms with Crippen molar-refractivity contribution in [3.05, 3.63) is 117 Å². The number of carbonyl (C=O) groups is 1. The molecule has 202 valence electrons. The van der Waals surface area contributed by atoms with E-state index in [9.17, 15) is 14.7 Å². The van der Waals surface area contributed by atoms with Gasteiger partial charge in [0.25, 0.3) is 5.56 Å². The van der Waals surface area contributed by atoms with E-state index in [0.29, 0.717) is 23.4 Å². The molecule has 6 nitrogen and oxygen atoms in total. The molecule has 1 heterocycles. The Morgan fingerprint density at radius 3 is 2.28 bits per heavy atom. The Balaban J connectivity index is 1.73. The van der Waals surface area contributed by atoms with Gasteiger partial charge in [-0.1, -0.05) is 99.5 Å².